The molecule has 0 aliphatic heterocycles. The second-order valence-electron chi connectivity index (χ2n) is 4.56. The van der Waals surface area contributed by atoms with Crippen molar-refractivity contribution in [2.24, 2.45) is 0 Å². The topological polar surface area (TPSA) is 109 Å². The van der Waals surface area contributed by atoms with Gasteiger partial charge in [-0.2, -0.15) is 0 Å². The lowest BCUT2D eigenvalue weighted by Crippen LogP contribution is -2.48. The van der Waals surface area contributed by atoms with Gasteiger partial charge in [-0.25, -0.2) is 4.98 Å². The molecule has 0 atom stereocenters. The van der Waals surface area contributed by atoms with Gasteiger partial charge in [-0.3, -0.25) is 10.1 Å². The van der Waals surface area contributed by atoms with Crippen LogP contribution in [0.1, 0.15) is 19.8 Å². The zero-order chi connectivity index (χ0) is 12.6. The lowest BCUT2D eigenvalue weighted by Gasteiger charge is -2.41. The summed E-state index contributed by atoms with van der Waals surface area (Å²) in [6.45, 7) is 1.71. The number of aromatic nitrogens is 1. The summed E-state index contributed by atoms with van der Waals surface area (Å²) in [4.78, 5) is 13.9. The number of pyridine rings is 1. The third kappa shape index (κ3) is 2.44. The van der Waals surface area contributed by atoms with Crippen molar-refractivity contribution in [1.82, 2.24) is 4.98 Å². The van der Waals surface area contributed by atoms with Crippen LogP contribution in [0.5, 0.6) is 5.75 Å². The molecule has 0 spiro atoms. The van der Waals surface area contributed by atoms with Gasteiger partial charge in [0.25, 0.3) is 0 Å². The molecule has 1 aliphatic carbocycles. The molecule has 1 aromatic heterocycles. The predicted octanol–water partition coefficient (Wildman–Crippen LogP) is 1.02. The van der Waals surface area contributed by atoms with E-state index in [2.05, 4.69) is 10.3 Å². The Kier molecular flexibility index (Phi) is 2.62. The first kappa shape index (κ1) is 11.6. The van der Waals surface area contributed by atoms with E-state index in [-0.39, 0.29) is 23.3 Å². The Morgan fingerprint density at radius 1 is 1.65 bits per heavy atom. The summed E-state index contributed by atoms with van der Waals surface area (Å²) >= 11 is 0. The Morgan fingerprint density at radius 2 is 2.29 bits per heavy atom. The molecule has 3 N–H and O–H groups in total. The molecule has 7 heteroatoms. The first-order valence-electron chi connectivity index (χ1n) is 5.20. The summed E-state index contributed by atoms with van der Waals surface area (Å²) < 4.78 is 0. The van der Waals surface area contributed by atoms with Crippen LogP contribution < -0.4 is 5.32 Å². The van der Waals surface area contributed by atoms with Crippen LogP contribution in [0.4, 0.5) is 11.5 Å². The molecular weight excluding hydrogens is 226 g/mol. The molecule has 0 aromatic carbocycles. The van der Waals surface area contributed by atoms with E-state index in [9.17, 15) is 15.2 Å². The second kappa shape index (κ2) is 3.85. The van der Waals surface area contributed by atoms with Crippen molar-refractivity contribution in [2.45, 2.75) is 31.4 Å². The minimum Gasteiger partial charge on any atom is -0.506 e. The molecule has 1 fully saturated rings. The smallest absolute Gasteiger partial charge is 0.315 e. The van der Waals surface area contributed by atoms with E-state index in [4.69, 9.17) is 5.11 Å². The van der Waals surface area contributed by atoms with Gasteiger partial charge < -0.3 is 15.5 Å². The zero-order valence-electron chi connectivity index (χ0n) is 9.25. The van der Waals surface area contributed by atoms with Crippen LogP contribution in [0.25, 0.3) is 0 Å². The Hall–Kier alpha value is -1.89. The van der Waals surface area contributed by atoms with Gasteiger partial charge in [0.05, 0.1) is 22.8 Å². The summed E-state index contributed by atoms with van der Waals surface area (Å²) in [5, 5.41) is 32.3. The summed E-state index contributed by atoms with van der Waals surface area (Å²) in [6.07, 6.45) is 2.19. The first-order chi connectivity index (χ1) is 7.87. The molecule has 0 amide bonds. The van der Waals surface area contributed by atoms with E-state index in [1.165, 1.54) is 0 Å². The highest BCUT2D eigenvalue weighted by Crippen LogP contribution is 2.35. The van der Waals surface area contributed by atoms with Gasteiger partial charge in [-0.1, -0.05) is 0 Å². The number of aliphatic hydroxyl groups is 1. The molecule has 92 valence electrons. The van der Waals surface area contributed by atoms with Crippen molar-refractivity contribution in [3.8, 4) is 5.75 Å². The zero-order valence-corrected chi connectivity index (χ0v) is 9.25. The fraction of sp³-hybridized carbons (Fsp3) is 0.500. The van der Waals surface area contributed by atoms with E-state index in [0.29, 0.717) is 12.8 Å². The minimum absolute atomic E-state index is 0.0271. The molecule has 1 saturated carbocycles. The van der Waals surface area contributed by atoms with E-state index < -0.39 is 10.5 Å². The van der Waals surface area contributed by atoms with Crippen LogP contribution in [-0.2, 0) is 0 Å². The number of anilines is 1. The van der Waals surface area contributed by atoms with Gasteiger partial charge in [-0.05, 0) is 19.8 Å². The Bertz CT molecular complexity index is 453. The van der Waals surface area contributed by atoms with E-state index >= 15 is 0 Å². The number of nitro groups is 1. The van der Waals surface area contributed by atoms with E-state index in [1.54, 1.807) is 6.92 Å². The molecule has 0 radical (unpaired) electrons. The number of nitrogens with zero attached hydrogens (tertiary/aromatic N) is 2. The third-order valence-electron chi connectivity index (χ3n) is 2.76. The molecule has 0 bridgehead atoms. The van der Waals surface area contributed by atoms with Gasteiger partial charge in [0.15, 0.2) is 0 Å². The largest absolute Gasteiger partial charge is 0.506 e. The Morgan fingerprint density at radius 3 is 2.82 bits per heavy atom. The molecule has 1 aromatic rings. The van der Waals surface area contributed by atoms with Gasteiger partial charge in [0.1, 0.15) is 5.75 Å². The summed E-state index contributed by atoms with van der Waals surface area (Å²) in [5.41, 5.74) is -0.972. The predicted molar refractivity (Wildman–Crippen MR) is 59.8 cm³/mol. The number of hydrogen-bond acceptors (Lipinski definition) is 6. The highest BCUT2D eigenvalue weighted by atomic mass is 16.6. The van der Waals surface area contributed by atoms with Crippen molar-refractivity contribution < 1.29 is 15.1 Å². The van der Waals surface area contributed by atoms with E-state index in [0.717, 1.165) is 12.3 Å². The molecule has 1 heterocycles. The molecule has 1 aliphatic rings. The van der Waals surface area contributed by atoms with Crippen LogP contribution in [0.2, 0.25) is 0 Å². The molecule has 0 unspecified atom stereocenters. The van der Waals surface area contributed by atoms with Crippen molar-refractivity contribution in [1.29, 1.82) is 0 Å². The van der Waals surface area contributed by atoms with Gasteiger partial charge >= 0.3 is 5.69 Å². The van der Waals surface area contributed by atoms with Gasteiger partial charge in [0, 0.05) is 6.04 Å². The number of hydrogen-bond donors (Lipinski definition) is 3. The van der Waals surface area contributed by atoms with Crippen LogP contribution in [0, 0.1) is 10.1 Å². The molecule has 17 heavy (non-hydrogen) atoms. The Labute approximate surface area is 97.3 Å². The maximum atomic E-state index is 10.8. The van der Waals surface area contributed by atoms with Crippen molar-refractivity contribution >= 4 is 11.5 Å². The average Bonchev–Trinajstić information content (AvgIpc) is 2.17. The summed E-state index contributed by atoms with van der Waals surface area (Å²) in [5.74, 6) is -0.129. The molecular formula is C10H13N3O4. The Balaban J connectivity index is 2.13. The second-order valence-corrected chi connectivity index (χ2v) is 4.56. The van der Waals surface area contributed by atoms with Crippen molar-refractivity contribution in [2.75, 3.05) is 5.32 Å². The maximum absolute atomic E-state index is 10.8. The lowest BCUT2D eigenvalue weighted by molar-refractivity contribution is -0.384. The lowest BCUT2D eigenvalue weighted by atomic mass is 9.77. The highest BCUT2D eigenvalue weighted by molar-refractivity contribution is 5.58. The standard InChI is InChI=1S/C10H13N3O4/c1-10(15)3-6(4-10)12-9-8(13(16)17)2-7(14)5-11-9/h2,5-6,14-15H,3-4H2,1H3,(H,11,12). The fourth-order valence-electron chi connectivity index (χ4n) is 1.99. The number of nitrogens with one attached hydrogen (secondary N) is 1. The minimum atomic E-state index is -0.705. The van der Waals surface area contributed by atoms with Crippen molar-refractivity contribution in [3.05, 3.63) is 22.4 Å². The summed E-state index contributed by atoms with van der Waals surface area (Å²) in [7, 11) is 0. The van der Waals surface area contributed by atoms with Crippen LogP contribution in [0.3, 0.4) is 0 Å². The quantitative estimate of drug-likeness (QED) is 0.536. The third-order valence-corrected chi connectivity index (χ3v) is 2.76. The van der Waals surface area contributed by atoms with Crippen LogP contribution >= 0.6 is 0 Å². The molecule has 7 nitrogen and oxygen atoms in total. The molecule has 0 saturated heterocycles. The van der Waals surface area contributed by atoms with Gasteiger partial charge in [0.2, 0.25) is 5.82 Å². The average molecular weight is 239 g/mol. The van der Waals surface area contributed by atoms with Gasteiger partial charge in [-0.15, -0.1) is 0 Å². The van der Waals surface area contributed by atoms with Crippen LogP contribution in [-0.4, -0.2) is 31.8 Å². The first-order valence-corrected chi connectivity index (χ1v) is 5.20. The maximum Gasteiger partial charge on any atom is 0.315 e. The normalized spacial score (nSPS) is 27.3. The number of aromatic hydroxyl groups is 1. The number of rotatable bonds is 3. The van der Waals surface area contributed by atoms with E-state index in [1.807, 2.05) is 0 Å². The SMILES string of the molecule is CC1(O)CC(Nc2ncc(O)cc2[N+](=O)[O-])C1. The fourth-order valence-corrected chi connectivity index (χ4v) is 1.99. The van der Waals surface area contributed by atoms with Crippen molar-refractivity contribution in [3.63, 3.8) is 0 Å². The van der Waals surface area contributed by atoms with Crippen LogP contribution in [0.15, 0.2) is 12.3 Å². The summed E-state index contributed by atoms with van der Waals surface area (Å²) in [6, 6.07) is 1.02. The highest BCUT2D eigenvalue weighted by Gasteiger charge is 2.39. The molecule has 2 rings (SSSR count). The monoisotopic (exact) mass is 239 g/mol.